The molecule has 0 unspecified atom stereocenters. The lowest BCUT2D eigenvalue weighted by atomic mass is 9.68. The van der Waals surface area contributed by atoms with Gasteiger partial charge in [0.25, 0.3) is 0 Å². The van der Waals surface area contributed by atoms with Crippen LogP contribution in [-0.2, 0) is 23.9 Å². The number of methoxy groups -OCH3 is 1. The summed E-state index contributed by atoms with van der Waals surface area (Å²) in [5, 5.41) is 1.60. The molecule has 0 bridgehead atoms. The van der Waals surface area contributed by atoms with Crippen LogP contribution < -0.4 is 0 Å². The molecule has 6 nitrogen and oxygen atoms in total. The van der Waals surface area contributed by atoms with Gasteiger partial charge >= 0.3 is 5.97 Å². The molecule has 3 aliphatic rings. The second kappa shape index (κ2) is 6.83. The minimum absolute atomic E-state index is 0.158. The highest BCUT2D eigenvalue weighted by atomic mass is 17.0. The fourth-order valence-electron chi connectivity index (χ4n) is 4.05. The van der Waals surface area contributed by atoms with E-state index < -0.39 is 6.10 Å². The molecule has 1 saturated carbocycles. The summed E-state index contributed by atoms with van der Waals surface area (Å²) in [7, 11) is 1.41. The van der Waals surface area contributed by atoms with Crippen molar-refractivity contribution >= 4 is 5.97 Å². The van der Waals surface area contributed by atoms with Crippen LogP contribution in [0.5, 0.6) is 0 Å². The lowest BCUT2D eigenvalue weighted by Crippen LogP contribution is -2.55. The van der Waals surface area contributed by atoms with Gasteiger partial charge in [-0.25, -0.2) is 9.63 Å². The number of rotatable bonds is 5. The number of hydrogen-bond acceptors (Lipinski definition) is 6. The van der Waals surface area contributed by atoms with Gasteiger partial charge in [0.2, 0.25) is 0 Å². The first-order valence-corrected chi connectivity index (χ1v) is 8.54. The van der Waals surface area contributed by atoms with Gasteiger partial charge in [0.15, 0.2) is 12.4 Å². The maximum absolute atomic E-state index is 12.0. The van der Waals surface area contributed by atoms with Gasteiger partial charge in [-0.05, 0) is 25.7 Å². The van der Waals surface area contributed by atoms with Crippen LogP contribution >= 0.6 is 0 Å². The van der Waals surface area contributed by atoms with Gasteiger partial charge in [-0.1, -0.05) is 31.4 Å². The number of ether oxygens (including phenoxy) is 2. The van der Waals surface area contributed by atoms with Crippen molar-refractivity contribution < 1.29 is 23.9 Å². The lowest BCUT2D eigenvalue weighted by Gasteiger charge is -2.46. The topological polar surface area (TPSA) is 57.2 Å². The number of esters is 1. The van der Waals surface area contributed by atoms with Crippen molar-refractivity contribution in [2.45, 2.75) is 76.2 Å². The average molecular weight is 313 g/mol. The number of carbonyl (C=O) groups excluding carboxylic acids is 1. The molecule has 0 aromatic rings. The molecule has 22 heavy (non-hydrogen) atoms. The molecule has 6 heteroatoms. The molecule has 1 spiro atoms. The number of nitrogens with zero attached hydrogens (tertiary/aromatic N) is 1. The molecule has 0 N–H and O–H groups in total. The Balaban J connectivity index is 1.70. The second-order valence-corrected chi connectivity index (χ2v) is 6.56. The third-order valence-corrected chi connectivity index (χ3v) is 5.26. The number of unbranched alkanes of at least 4 members (excludes halogenated alkanes) is 1. The van der Waals surface area contributed by atoms with Crippen LogP contribution in [0.25, 0.3) is 0 Å². The summed E-state index contributed by atoms with van der Waals surface area (Å²) in [5.74, 6) is -0.141. The van der Waals surface area contributed by atoms with E-state index in [1.54, 1.807) is 5.23 Å². The molecule has 1 aliphatic carbocycles. The fraction of sp³-hybridized carbons (Fsp3) is 0.938. The van der Waals surface area contributed by atoms with E-state index in [0.717, 1.165) is 51.4 Å². The zero-order valence-electron chi connectivity index (χ0n) is 13.6. The monoisotopic (exact) mass is 313 g/mol. The summed E-state index contributed by atoms with van der Waals surface area (Å²) >= 11 is 0. The van der Waals surface area contributed by atoms with Crippen molar-refractivity contribution in [3.05, 3.63) is 0 Å². The molecule has 3 rings (SSSR count). The largest absolute Gasteiger partial charge is 0.467 e. The molecule has 2 aliphatic heterocycles. The van der Waals surface area contributed by atoms with Gasteiger partial charge in [-0.2, -0.15) is 0 Å². The molecule has 2 saturated heterocycles. The number of carbonyl (C=O) groups is 1. The molecule has 0 radical (unpaired) electrons. The van der Waals surface area contributed by atoms with Gasteiger partial charge in [0.05, 0.1) is 12.6 Å². The average Bonchev–Trinajstić information content (AvgIpc) is 2.89. The Labute approximate surface area is 131 Å². The molecule has 0 aromatic carbocycles. The van der Waals surface area contributed by atoms with E-state index in [0.29, 0.717) is 6.61 Å². The van der Waals surface area contributed by atoms with E-state index in [4.69, 9.17) is 19.1 Å². The normalized spacial score (nSPS) is 38.4. The molecular formula is C16H27NO5. The highest BCUT2D eigenvalue weighted by Crippen LogP contribution is 2.52. The van der Waals surface area contributed by atoms with E-state index in [1.165, 1.54) is 7.11 Å². The quantitative estimate of drug-likeness (QED) is 0.574. The van der Waals surface area contributed by atoms with Crippen LogP contribution in [0.15, 0.2) is 0 Å². The molecule has 0 aromatic heterocycles. The minimum atomic E-state index is -0.542. The number of hydrogen-bond donors (Lipinski definition) is 0. The zero-order valence-corrected chi connectivity index (χ0v) is 13.6. The van der Waals surface area contributed by atoms with E-state index in [2.05, 4.69) is 6.92 Å². The molecule has 0 amide bonds. The van der Waals surface area contributed by atoms with E-state index >= 15 is 0 Å². The predicted octanol–water partition coefficient (Wildman–Crippen LogP) is 2.57. The van der Waals surface area contributed by atoms with Crippen LogP contribution in [0.2, 0.25) is 0 Å². The summed E-state index contributed by atoms with van der Waals surface area (Å²) in [4.78, 5) is 23.8. The Bertz CT molecular complexity index is 404. The Morgan fingerprint density at radius 3 is 2.91 bits per heavy atom. The first-order valence-electron chi connectivity index (χ1n) is 8.54. The van der Waals surface area contributed by atoms with Crippen molar-refractivity contribution in [1.82, 2.24) is 5.23 Å². The van der Waals surface area contributed by atoms with E-state index in [9.17, 15) is 4.79 Å². The van der Waals surface area contributed by atoms with Gasteiger partial charge in [-0.15, -0.1) is 0 Å². The Kier molecular flexibility index (Phi) is 5.02. The van der Waals surface area contributed by atoms with Crippen LogP contribution in [-0.4, -0.2) is 42.8 Å². The van der Waals surface area contributed by atoms with Gasteiger partial charge in [-0.3, -0.25) is 4.84 Å². The maximum Gasteiger partial charge on any atom is 0.337 e. The Morgan fingerprint density at radius 1 is 1.27 bits per heavy atom. The summed E-state index contributed by atoms with van der Waals surface area (Å²) in [6.45, 7) is 2.84. The van der Waals surface area contributed by atoms with Crippen LogP contribution in [0.4, 0.5) is 0 Å². The molecule has 3 fully saturated rings. The third-order valence-electron chi connectivity index (χ3n) is 5.26. The Hall–Kier alpha value is -0.690. The Morgan fingerprint density at radius 2 is 2.14 bits per heavy atom. The first-order chi connectivity index (χ1) is 10.7. The highest BCUT2D eigenvalue weighted by molar-refractivity contribution is 5.75. The van der Waals surface area contributed by atoms with Crippen molar-refractivity contribution in [3.63, 3.8) is 0 Å². The zero-order chi connectivity index (χ0) is 15.6. The van der Waals surface area contributed by atoms with Crippen LogP contribution in [0.1, 0.15) is 58.3 Å². The second-order valence-electron chi connectivity index (χ2n) is 6.56. The van der Waals surface area contributed by atoms with Gasteiger partial charge in [0, 0.05) is 18.9 Å². The van der Waals surface area contributed by atoms with Crippen molar-refractivity contribution in [1.29, 1.82) is 0 Å². The van der Waals surface area contributed by atoms with Crippen molar-refractivity contribution in [2.75, 3.05) is 13.7 Å². The first kappa shape index (κ1) is 16.2. The summed E-state index contributed by atoms with van der Waals surface area (Å²) in [6, 6.07) is 0. The van der Waals surface area contributed by atoms with E-state index in [1.807, 2.05) is 0 Å². The molecular weight excluding hydrogens is 286 g/mol. The van der Waals surface area contributed by atoms with Crippen molar-refractivity contribution in [3.8, 4) is 0 Å². The lowest BCUT2D eigenvalue weighted by molar-refractivity contribution is -0.454. The number of hydroxylamine groups is 2. The highest BCUT2D eigenvalue weighted by Gasteiger charge is 2.61. The summed E-state index contributed by atoms with van der Waals surface area (Å²) in [5.41, 5.74) is -0.179. The fourth-order valence-corrected chi connectivity index (χ4v) is 4.05. The van der Waals surface area contributed by atoms with Gasteiger partial charge < -0.3 is 9.47 Å². The van der Waals surface area contributed by atoms with Crippen LogP contribution in [0.3, 0.4) is 0 Å². The SMILES string of the molecule is CCCCO[C@H]1CC[C@]23CCCC[C@H]2[C@H](C(=O)OC)ON3O1. The van der Waals surface area contributed by atoms with Gasteiger partial charge in [0.1, 0.15) is 0 Å². The maximum atomic E-state index is 12.0. The van der Waals surface area contributed by atoms with Crippen molar-refractivity contribution in [2.24, 2.45) is 5.92 Å². The van der Waals surface area contributed by atoms with Crippen LogP contribution in [0, 0.1) is 5.92 Å². The smallest absolute Gasteiger partial charge is 0.337 e. The molecule has 4 atom stereocenters. The third kappa shape index (κ3) is 2.77. The standard InChI is InChI=1S/C16H27NO5/c1-3-4-11-20-13-8-10-16-9-6-5-7-12(16)14(15(18)19-2)22-17(16)21-13/h12-14H,3-11H2,1-2H3/t12-,13+,14+,16+/m0/s1. The predicted molar refractivity (Wildman–Crippen MR) is 78.4 cm³/mol. The summed E-state index contributed by atoms with van der Waals surface area (Å²) < 4.78 is 10.7. The minimum Gasteiger partial charge on any atom is -0.467 e. The summed E-state index contributed by atoms with van der Waals surface area (Å²) in [6.07, 6.45) is 7.39. The molecule has 2 heterocycles. The molecule has 126 valence electrons. The van der Waals surface area contributed by atoms with E-state index in [-0.39, 0.29) is 23.7 Å².